The maximum absolute atomic E-state index is 11.2. The Labute approximate surface area is 78.1 Å². The average molecular weight is 184 g/mol. The molecule has 0 bridgehead atoms. The molecule has 0 radical (unpaired) electrons. The van der Waals surface area contributed by atoms with Gasteiger partial charge in [-0.3, -0.25) is 4.79 Å². The van der Waals surface area contributed by atoms with Crippen LogP contribution in [0.1, 0.15) is 27.2 Å². The Bertz CT molecular complexity index is 247. The van der Waals surface area contributed by atoms with Gasteiger partial charge in [0.15, 0.2) is 0 Å². The quantitative estimate of drug-likeness (QED) is 0.570. The first-order valence-corrected chi connectivity index (χ1v) is 4.86. The highest BCUT2D eigenvalue weighted by molar-refractivity contribution is 5.75. The summed E-state index contributed by atoms with van der Waals surface area (Å²) in [7, 11) is 0. The largest absolute Gasteiger partial charge is 0.462 e. The summed E-state index contributed by atoms with van der Waals surface area (Å²) < 4.78 is 5.20. The zero-order valence-electron chi connectivity index (χ0n) is 8.28. The minimum atomic E-state index is -0.662. The third kappa shape index (κ3) is 1.10. The number of fused-ring (bicyclic) bond motifs is 1. The van der Waals surface area contributed by atoms with Crippen molar-refractivity contribution in [3.8, 4) is 0 Å². The molecule has 2 fully saturated rings. The van der Waals surface area contributed by atoms with Crippen molar-refractivity contribution in [2.24, 2.45) is 17.8 Å². The second-order valence-corrected chi connectivity index (χ2v) is 4.69. The van der Waals surface area contributed by atoms with Crippen molar-refractivity contribution in [1.29, 1.82) is 0 Å². The van der Waals surface area contributed by atoms with Crippen LogP contribution in [0.5, 0.6) is 0 Å². The summed E-state index contributed by atoms with van der Waals surface area (Å²) in [5.41, 5.74) is -0.662. The van der Waals surface area contributed by atoms with E-state index in [-0.39, 0.29) is 29.8 Å². The van der Waals surface area contributed by atoms with Crippen LogP contribution in [0.25, 0.3) is 0 Å². The molecule has 0 amide bonds. The van der Waals surface area contributed by atoms with Gasteiger partial charge in [0.1, 0.15) is 6.10 Å². The summed E-state index contributed by atoms with van der Waals surface area (Å²) in [6.07, 6.45) is 0.544. The molecule has 1 saturated carbocycles. The molecule has 0 aromatic heterocycles. The molecule has 3 heteroatoms. The van der Waals surface area contributed by atoms with Crippen LogP contribution in [-0.2, 0) is 9.53 Å². The molecule has 13 heavy (non-hydrogen) atoms. The number of rotatable bonds is 0. The van der Waals surface area contributed by atoms with Gasteiger partial charge in [0, 0.05) is 12.3 Å². The van der Waals surface area contributed by atoms with E-state index in [0.29, 0.717) is 6.42 Å². The Balaban J connectivity index is 2.25. The van der Waals surface area contributed by atoms with Crippen LogP contribution in [0.4, 0.5) is 0 Å². The van der Waals surface area contributed by atoms with Gasteiger partial charge in [0.25, 0.3) is 0 Å². The Kier molecular flexibility index (Phi) is 1.71. The highest BCUT2D eigenvalue weighted by Gasteiger charge is 2.56. The van der Waals surface area contributed by atoms with Crippen LogP contribution in [-0.4, -0.2) is 22.8 Å². The zero-order valence-corrected chi connectivity index (χ0v) is 8.28. The van der Waals surface area contributed by atoms with E-state index >= 15 is 0 Å². The first-order valence-electron chi connectivity index (χ1n) is 4.86. The summed E-state index contributed by atoms with van der Waals surface area (Å²) in [5.74, 6) is 0.216. The van der Waals surface area contributed by atoms with Crippen molar-refractivity contribution in [3.05, 3.63) is 0 Å². The topological polar surface area (TPSA) is 46.5 Å². The fraction of sp³-hybridized carbons (Fsp3) is 0.900. The molecule has 1 aliphatic carbocycles. The Morgan fingerprint density at radius 1 is 1.54 bits per heavy atom. The predicted molar refractivity (Wildman–Crippen MR) is 46.9 cm³/mol. The fourth-order valence-electron chi connectivity index (χ4n) is 2.75. The van der Waals surface area contributed by atoms with E-state index in [4.69, 9.17) is 4.74 Å². The molecule has 0 aromatic carbocycles. The first kappa shape index (κ1) is 9.00. The van der Waals surface area contributed by atoms with Crippen molar-refractivity contribution in [2.45, 2.75) is 38.9 Å². The minimum Gasteiger partial charge on any atom is -0.462 e. The number of ether oxygens (including phenoxy) is 1. The Morgan fingerprint density at radius 3 is 2.69 bits per heavy atom. The summed E-state index contributed by atoms with van der Waals surface area (Å²) >= 11 is 0. The van der Waals surface area contributed by atoms with E-state index in [1.807, 2.05) is 20.8 Å². The normalized spacial score (nSPS) is 54.9. The van der Waals surface area contributed by atoms with Crippen LogP contribution in [0.3, 0.4) is 0 Å². The third-order valence-electron chi connectivity index (χ3n) is 3.82. The standard InChI is InChI=1S/C10H16O3/c1-5-8-6(2)10(3,12)4-7(8)13-9(5)11/h5-8,12H,4H2,1-3H3/t5-,6-,7-,8+,10+/m1/s1. The fourth-order valence-corrected chi connectivity index (χ4v) is 2.75. The van der Waals surface area contributed by atoms with E-state index < -0.39 is 5.60 Å². The lowest BCUT2D eigenvalue weighted by molar-refractivity contribution is -0.145. The molecule has 1 aliphatic heterocycles. The molecule has 2 aliphatic rings. The van der Waals surface area contributed by atoms with Gasteiger partial charge >= 0.3 is 5.97 Å². The molecule has 3 nitrogen and oxygen atoms in total. The molecule has 5 atom stereocenters. The predicted octanol–water partition coefficient (Wildman–Crippen LogP) is 0.955. The van der Waals surface area contributed by atoms with Gasteiger partial charge in [-0.05, 0) is 12.8 Å². The Morgan fingerprint density at radius 2 is 2.15 bits per heavy atom. The second-order valence-electron chi connectivity index (χ2n) is 4.69. The lowest BCUT2D eigenvalue weighted by atomic mass is 9.82. The number of hydrogen-bond donors (Lipinski definition) is 1. The molecule has 1 saturated heterocycles. The maximum Gasteiger partial charge on any atom is 0.309 e. The van der Waals surface area contributed by atoms with Gasteiger partial charge in [-0.1, -0.05) is 13.8 Å². The van der Waals surface area contributed by atoms with Gasteiger partial charge in [-0.15, -0.1) is 0 Å². The second kappa shape index (κ2) is 2.47. The molecule has 0 aromatic rings. The molecule has 0 spiro atoms. The highest BCUT2D eigenvalue weighted by Crippen LogP contribution is 2.48. The number of carbonyl (C=O) groups excluding carboxylic acids is 1. The number of hydrogen-bond acceptors (Lipinski definition) is 3. The lowest BCUT2D eigenvalue weighted by Crippen LogP contribution is -2.32. The van der Waals surface area contributed by atoms with Crippen LogP contribution in [0.15, 0.2) is 0 Å². The molecular formula is C10H16O3. The van der Waals surface area contributed by atoms with Crippen LogP contribution >= 0.6 is 0 Å². The molecule has 0 unspecified atom stereocenters. The molecule has 74 valence electrons. The summed E-state index contributed by atoms with van der Waals surface area (Å²) in [6.45, 7) is 5.73. The highest BCUT2D eigenvalue weighted by atomic mass is 16.6. The summed E-state index contributed by atoms with van der Waals surface area (Å²) in [4.78, 5) is 11.2. The zero-order chi connectivity index (χ0) is 9.80. The minimum absolute atomic E-state index is 0.0472. The van der Waals surface area contributed by atoms with Gasteiger partial charge in [-0.25, -0.2) is 0 Å². The molecule has 2 rings (SSSR count). The lowest BCUT2D eigenvalue weighted by Gasteiger charge is -2.25. The van der Waals surface area contributed by atoms with Crippen molar-refractivity contribution < 1.29 is 14.6 Å². The van der Waals surface area contributed by atoms with E-state index in [2.05, 4.69) is 0 Å². The van der Waals surface area contributed by atoms with Crippen molar-refractivity contribution >= 4 is 5.97 Å². The van der Waals surface area contributed by atoms with Gasteiger partial charge in [0.2, 0.25) is 0 Å². The van der Waals surface area contributed by atoms with Crippen LogP contribution in [0.2, 0.25) is 0 Å². The van der Waals surface area contributed by atoms with Crippen molar-refractivity contribution in [2.75, 3.05) is 0 Å². The van der Waals surface area contributed by atoms with E-state index in [9.17, 15) is 9.90 Å². The van der Waals surface area contributed by atoms with Crippen molar-refractivity contribution in [1.82, 2.24) is 0 Å². The van der Waals surface area contributed by atoms with E-state index in [1.165, 1.54) is 0 Å². The number of esters is 1. The summed E-state index contributed by atoms with van der Waals surface area (Å²) in [5, 5.41) is 9.98. The average Bonchev–Trinajstić information content (AvgIpc) is 2.36. The third-order valence-corrected chi connectivity index (χ3v) is 3.82. The van der Waals surface area contributed by atoms with E-state index in [0.717, 1.165) is 0 Å². The molecule has 1 heterocycles. The first-order chi connectivity index (χ1) is 5.93. The van der Waals surface area contributed by atoms with Crippen molar-refractivity contribution in [3.63, 3.8) is 0 Å². The van der Waals surface area contributed by atoms with Gasteiger partial charge in [0.05, 0.1) is 11.5 Å². The molecule has 1 N–H and O–H groups in total. The van der Waals surface area contributed by atoms with Gasteiger partial charge < -0.3 is 9.84 Å². The molecular weight excluding hydrogens is 168 g/mol. The van der Waals surface area contributed by atoms with E-state index in [1.54, 1.807) is 0 Å². The number of carbonyl (C=O) groups is 1. The Hall–Kier alpha value is -0.570. The smallest absolute Gasteiger partial charge is 0.309 e. The monoisotopic (exact) mass is 184 g/mol. The SMILES string of the molecule is C[C@@H]1[C@H]2[C@@H](C[C@]1(C)O)OC(=O)[C@@H]2C. The number of aliphatic hydroxyl groups is 1. The maximum atomic E-state index is 11.2. The van der Waals surface area contributed by atoms with Crippen LogP contribution < -0.4 is 0 Å². The van der Waals surface area contributed by atoms with Gasteiger partial charge in [-0.2, -0.15) is 0 Å². The summed E-state index contributed by atoms with van der Waals surface area (Å²) in [6, 6.07) is 0. The van der Waals surface area contributed by atoms with Crippen LogP contribution in [0, 0.1) is 17.8 Å².